The van der Waals surface area contributed by atoms with E-state index in [1.165, 1.54) is 6.26 Å². The van der Waals surface area contributed by atoms with Crippen LogP contribution < -0.4 is 0 Å². The van der Waals surface area contributed by atoms with Crippen LogP contribution in [0.2, 0.25) is 0 Å². The van der Waals surface area contributed by atoms with Gasteiger partial charge in [0.2, 0.25) is 0 Å². The van der Waals surface area contributed by atoms with Crippen molar-refractivity contribution in [1.29, 1.82) is 0 Å². The summed E-state index contributed by atoms with van der Waals surface area (Å²) < 4.78 is 10.9. The number of H-pyrrole nitrogens is 1. The van der Waals surface area contributed by atoms with Crippen molar-refractivity contribution in [3.63, 3.8) is 0 Å². The Labute approximate surface area is 139 Å². The minimum Gasteiger partial charge on any atom is -0.458 e. The lowest BCUT2D eigenvalue weighted by Gasteiger charge is -2.18. The zero-order chi connectivity index (χ0) is 16.7. The van der Waals surface area contributed by atoms with Crippen molar-refractivity contribution in [3.05, 3.63) is 40.9 Å². The molecule has 126 valence electrons. The molecule has 2 aliphatic rings. The lowest BCUT2D eigenvalue weighted by molar-refractivity contribution is 0.0310. The summed E-state index contributed by atoms with van der Waals surface area (Å²) in [6.45, 7) is 1.81. The quantitative estimate of drug-likeness (QED) is 0.874. The van der Waals surface area contributed by atoms with Gasteiger partial charge in [-0.3, -0.25) is 4.79 Å². The van der Waals surface area contributed by atoms with Crippen LogP contribution in [-0.4, -0.2) is 27.8 Å². The number of aromatic nitrogens is 2. The number of esters is 1. The summed E-state index contributed by atoms with van der Waals surface area (Å²) in [4.78, 5) is 32.3. The van der Waals surface area contributed by atoms with Crippen molar-refractivity contribution in [2.45, 2.75) is 57.5 Å². The molecule has 0 aromatic carbocycles. The van der Waals surface area contributed by atoms with Gasteiger partial charge in [-0.2, -0.15) is 0 Å². The molecule has 1 unspecified atom stereocenters. The summed E-state index contributed by atoms with van der Waals surface area (Å²) in [7, 11) is 0. The van der Waals surface area contributed by atoms with Crippen molar-refractivity contribution < 1.29 is 18.7 Å². The molecule has 1 atom stereocenters. The second-order valence-corrected chi connectivity index (χ2v) is 6.69. The number of rotatable bonds is 3. The third-order valence-electron chi connectivity index (χ3n) is 5.07. The third-order valence-corrected chi connectivity index (χ3v) is 5.07. The SMILES string of the molecule is Cc1c(C(=O)OC2CCCC2)[nH]c2c1C(=O)CC(c1ncco1)C2. The van der Waals surface area contributed by atoms with Crippen LogP contribution in [-0.2, 0) is 11.2 Å². The number of carbonyl (C=O) groups excluding carboxylic acids is 2. The number of ketones is 1. The number of ether oxygens (including phenoxy) is 1. The van der Waals surface area contributed by atoms with Crippen molar-refractivity contribution >= 4 is 11.8 Å². The molecule has 0 spiro atoms. The smallest absolute Gasteiger partial charge is 0.355 e. The maximum absolute atomic E-state index is 12.6. The minimum atomic E-state index is -0.353. The van der Waals surface area contributed by atoms with E-state index < -0.39 is 0 Å². The van der Waals surface area contributed by atoms with Crippen molar-refractivity contribution in [2.75, 3.05) is 0 Å². The molecule has 0 radical (unpaired) electrons. The van der Waals surface area contributed by atoms with Crippen LogP contribution in [0.25, 0.3) is 0 Å². The summed E-state index contributed by atoms with van der Waals surface area (Å²) in [5.74, 6) is 0.149. The standard InChI is InChI=1S/C18H20N2O4/c1-10-15-13(8-11(9-14(15)21)17-19-6-7-23-17)20-16(10)18(22)24-12-4-2-3-5-12/h6-7,11-12,20H,2-5,8-9H2,1H3. The van der Waals surface area contributed by atoms with Gasteiger partial charge in [0.15, 0.2) is 11.7 Å². The second-order valence-electron chi connectivity index (χ2n) is 6.69. The van der Waals surface area contributed by atoms with E-state index in [1.807, 2.05) is 6.92 Å². The molecule has 2 aliphatic carbocycles. The Morgan fingerprint density at radius 1 is 1.33 bits per heavy atom. The number of nitrogens with one attached hydrogen (secondary N) is 1. The van der Waals surface area contributed by atoms with Crippen molar-refractivity contribution in [3.8, 4) is 0 Å². The summed E-state index contributed by atoms with van der Waals surface area (Å²) >= 11 is 0. The largest absolute Gasteiger partial charge is 0.458 e. The number of fused-ring (bicyclic) bond motifs is 1. The number of nitrogens with zero attached hydrogens (tertiary/aromatic N) is 1. The Morgan fingerprint density at radius 3 is 2.83 bits per heavy atom. The monoisotopic (exact) mass is 328 g/mol. The molecule has 2 aromatic heterocycles. The predicted molar refractivity (Wildman–Crippen MR) is 85.1 cm³/mol. The first-order valence-corrected chi connectivity index (χ1v) is 8.48. The molecule has 6 heteroatoms. The van der Waals surface area contributed by atoms with Crippen LogP contribution in [0.5, 0.6) is 0 Å². The Balaban J connectivity index is 1.60. The van der Waals surface area contributed by atoms with Crippen LogP contribution in [0.4, 0.5) is 0 Å². The number of hydrogen-bond acceptors (Lipinski definition) is 5. The summed E-state index contributed by atoms with van der Waals surface area (Å²) in [6, 6.07) is 0. The van der Waals surface area contributed by atoms with Gasteiger partial charge in [0, 0.05) is 30.0 Å². The normalized spacial score (nSPS) is 21.0. The molecule has 0 bridgehead atoms. The van der Waals surface area contributed by atoms with Gasteiger partial charge in [-0.15, -0.1) is 0 Å². The van der Waals surface area contributed by atoms with E-state index in [0.29, 0.717) is 35.6 Å². The van der Waals surface area contributed by atoms with Crippen LogP contribution in [0.15, 0.2) is 16.9 Å². The molecule has 0 aliphatic heterocycles. The van der Waals surface area contributed by atoms with Gasteiger partial charge >= 0.3 is 5.97 Å². The summed E-state index contributed by atoms with van der Waals surface area (Å²) in [5.41, 5.74) is 2.53. The molecule has 2 aromatic rings. The molecule has 2 heterocycles. The fraction of sp³-hybridized carbons (Fsp3) is 0.500. The Morgan fingerprint density at radius 2 is 2.12 bits per heavy atom. The van der Waals surface area contributed by atoms with Crippen LogP contribution in [0.1, 0.15) is 76.0 Å². The number of hydrogen-bond donors (Lipinski definition) is 1. The van der Waals surface area contributed by atoms with E-state index in [4.69, 9.17) is 9.15 Å². The van der Waals surface area contributed by atoms with Gasteiger partial charge < -0.3 is 14.1 Å². The maximum Gasteiger partial charge on any atom is 0.355 e. The van der Waals surface area contributed by atoms with Gasteiger partial charge in [-0.25, -0.2) is 9.78 Å². The molecular formula is C18H20N2O4. The molecule has 0 amide bonds. The van der Waals surface area contributed by atoms with E-state index in [2.05, 4.69) is 9.97 Å². The first-order valence-electron chi connectivity index (χ1n) is 8.48. The second kappa shape index (κ2) is 5.92. The van der Waals surface area contributed by atoms with Crippen LogP contribution >= 0.6 is 0 Å². The number of aromatic amines is 1. The minimum absolute atomic E-state index is 0.00740. The fourth-order valence-electron chi connectivity index (χ4n) is 3.86. The highest BCUT2D eigenvalue weighted by atomic mass is 16.5. The van der Waals surface area contributed by atoms with E-state index in [1.54, 1.807) is 6.20 Å². The molecule has 4 rings (SSSR count). The highest BCUT2D eigenvalue weighted by molar-refractivity contribution is 6.03. The van der Waals surface area contributed by atoms with E-state index >= 15 is 0 Å². The number of Topliss-reactive ketones (excluding diaryl/α,β-unsaturated/α-hetero) is 1. The molecule has 1 saturated carbocycles. The molecule has 1 fully saturated rings. The molecular weight excluding hydrogens is 308 g/mol. The highest BCUT2D eigenvalue weighted by Crippen LogP contribution is 2.35. The average molecular weight is 328 g/mol. The summed E-state index contributed by atoms with van der Waals surface area (Å²) in [6.07, 6.45) is 8.13. The Kier molecular flexibility index (Phi) is 3.75. The van der Waals surface area contributed by atoms with Crippen molar-refractivity contribution in [1.82, 2.24) is 9.97 Å². The number of carbonyl (C=O) groups is 2. The topological polar surface area (TPSA) is 85.2 Å². The fourth-order valence-corrected chi connectivity index (χ4v) is 3.86. The van der Waals surface area contributed by atoms with Crippen LogP contribution in [0, 0.1) is 6.92 Å². The first kappa shape index (κ1) is 15.2. The first-order chi connectivity index (χ1) is 11.6. The average Bonchev–Trinajstić information content (AvgIpc) is 3.28. The Bertz CT molecular complexity index is 769. The molecule has 24 heavy (non-hydrogen) atoms. The zero-order valence-electron chi connectivity index (χ0n) is 13.6. The van der Waals surface area contributed by atoms with Crippen LogP contribution in [0.3, 0.4) is 0 Å². The van der Waals surface area contributed by atoms with Gasteiger partial charge in [0.05, 0.1) is 6.20 Å². The van der Waals surface area contributed by atoms with Gasteiger partial charge in [-0.1, -0.05) is 0 Å². The predicted octanol–water partition coefficient (Wildman–Crippen LogP) is 3.32. The Hall–Kier alpha value is -2.37. The molecule has 6 nitrogen and oxygen atoms in total. The number of oxazole rings is 1. The summed E-state index contributed by atoms with van der Waals surface area (Å²) in [5, 5.41) is 0. The lowest BCUT2D eigenvalue weighted by atomic mass is 9.85. The van der Waals surface area contributed by atoms with Gasteiger partial charge in [0.25, 0.3) is 0 Å². The third kappa shape index (κ3) is 2.56. The van der Waals surface area contributed by atoms with E-state index in [9.17, 15) is 9.59 Å². The van der Waals surface area contributed by atoms with Gasteiger partial charge in [0.1, 0.15) is 18.1 Å². The lowest BCUT2D eigenvalue weighted by Crippen LogP contribution is -2.18. The highest BCUT2D eigenvalue weighted by Gasteiger charge is 2.34. The van der Waals surface area contributed by atoms with E-state index in [-0.39, 0.29) is 23.8 Å². The molecule has 1 N–H and O–H groups in total. The van der Waals surface area contributed by atoms with Crippen molar-refractivity contribution in [2.24, 2.45) is 0 Å². The zero-order valence-corrected chi connectivity index (χ0v) is 13.6. The molecule has 0 saturated heterocycles. The van der Waals surface area contributed by atoms with Gasteiger partial charge in [-0.05, 0) is 38.2 Å². The maximum atomic E-state index is 12.6. The van der Waals surface area contributed by atoms with E-state index in [0.717, 1.165) is 31.4 Å².